The Kier molecular flexibility index (Phi) is 7.49. The summed E-state index contributed by atoms with van der Waals surface area (Å²) in [7, 11) is 3.02. The van der Waals surface area contributed by atoms with Gasteiger partial charge in [0.05, 0.1) is 24.8 Å². The molecular weight excluding hydrogens is 463 g/mol. The summed E-state index contributed by atoms with van der Waals surface area (Å²) in [5.74, 6) is 1.49. The number of nitrogens with one attached hydrogen (secondary N) is 2. The number of carbonyl (C=O) groups is 1. The van der Waals surface area contributed by atoms with E-state index in [9.17, 15) is 18.0 Å². The van der Waals surface area contributed by atoms with Crippen LogP contribution in [0.2, 0.25) is 5.02 Å². The maximum atomic E-state index is 13.0. The Bertz CT molecular complexity index is 1120. The highest BCUT2D eigenvalue weighted by Crippen LogP contribution is 2.36. The van der Waals surface area contributed by atoms with Crippen LogP contribution in [0, 0.1) is 0 Å². The van der Waals surface area contributed by atoms with Crippen molar-refractivity contribution in [3.63, 3.8) is 0 Å². The van der Waals surface area contributed by atoms with Crippen molar-refractivity contribution in [2.45, 2.75) is 12.8 Å². The van der Waals surface area contributed by atoms with E-state index in [1.54, 1.807) is 36.5 Å². The molecule has 3 aromatic rings. The molecule has 0 radical (unpaired) electrons. The van der Waals surface area contributed by atoms with Gasteiger partial charge in [-0.1, -0.05) is 11.6 Å². The zero-order valence-electron chi connectivity index (χ0n) is 17.5. The number of ether oxygens (including phenoxy) is 3. The van der Waals surface area contributed by atoms with Crippen molar-refractivity contribution in [1.82, 2.24) is 4.98 Å². The minimum Gasteiger partial charge on any atom is -0.493 e. The molecule has 7 nitrogen and oxygen atoms in total. The number of halogens is 4. The number of aromatic nitrogens is 1. The lowest BCUT2D eigenvalue weighted by molar-refractivity contribution is -0.137. The van der Waals surface area contributed by atoms with Crippen LogP contribution >= 0.6 is 11.6 Å². The number of alkyl halides is 3. The Hall–Kier alpha value is -3.66. The fraction of sp³-hybridized carbons (Fsp3) is 0.182. The summed E-state index contributed by atoms with van der Waals surface area (Å²) in [5.41, 5.74) is -0.142. The molecule has 33 heavy (non-hydrogen) atoms. The molecule has 2 N–H and O–H groups in total. The van der Waals surface area contributed by atoms with Crippen LogP contribution in [0.5, 0.6) is 17.2 Å². The van der Waals surface area contributed by atoms with E-state index in [2.05, 4.69) is 15.6 Å². The van der Waals surface area contributed by atoms with E-state index in [4.69, 9.17) is 25.8 Å². The van der Waals surface area contributed by atoms with Crippen LogP contribution in [-0.4, -0.2) is 25.2 Å². The Morgan fingerprint density at radius 1 is 1.00 bits per heavy atom. The van der Waals surface area contributed by atoms with E-state index < -0.39 is 22.8 Å². The maximum Gasteiger partial charge on any atom is 0.417 e. The van der Waals surface area contributed by atoms with Crippen molar-refractivity contribution >= 4 is 29.0 Å². The molecule has 11 heteroatoms. The van der Waals surface area contributed by atoms with Gasteiger partial charge in [-0.05, 0) is 42.5 Å². The van der Waals surface area contributed by atoms with E-state index >= 15 is 0 Å². The van der Waals surface area contributed by atoms with Gasteiger partial charge >= 0.3 is 12.2 Å². The van der Waals surface area contributed by atoms with Gasteiger partial charge in [0, 0.05) is 23.6 Å². The van der Waals surface area contributed by atoms with Gasteiger partial charge < -0.3 is 24.8 Å². The lowest BCUT2D eigenvalue weighted by atomic mass is 10.2. The smallest absolute Gasteiger partial charge is 0.417 e. The van der Waals surface area contributed by atoms with Gasteiger partial charge in [0.15, 0.2) is 11.5 Å². The second-order valence-electron chi connectivity index (χ2n) is 6.58. The number of methoxy groups -OCH3 is 2. The third-order valence-corrected chi connectivity index (χ3v) is 4.71. The molecule has 0 aliphatic carbocycles. The predicted octanol–water partition coefficient (Wildman–Crippen LogP) is 5.99. The standard InChI is InChI=1S/C22H19ClF3N3O4/c1-31-19-9-10-27-18(20(19)32-2)12-33-15-6-3-13(4-7-15)28-21(30)29-14-5-8-17(23)16(11-14)22(24,25)26/h3-11H,12H2,1-2H3,(H2,28,29,30). The van der Waals surface area contributed by atoms with Gasteiger partial charge in [-0.2, -0.15) is 13.2 Å². The highest BCUT2D eigenvalue weighted by molar-refractivity contribution is 6.31. The highest BCUT2D eigenvalue weighted by atomic mass is 35.5. The largest absolute Gasteiger partial charge is 0.493 e. The molecule has 2 aromatic carbocycles. The number of carbonyl (C=O) groups excluding carboxylic acids is 1. The monoisotopic (exact) mass is 481 g/mol. The average Bonchev–Trinajstić information content (AvgIpc) is 2.78. The lowest BCUT2D eigenvalue weighted by Gasteiger charge is -2.13. The first-order chi connectivity index (χ1) is 15.7. The van der Waals surface area contributed by atoms with E-state index in [0.29, 0.717) is 28.6 Å². The van der Waals surface area contributed by atoms with Crippen molar-refractivity contribution in [1.29, 1.82) is 0 Å². The Labute approximate surface area is 192 Å². The Morgan fingerprint density at radius 2 is 1.67 bits per heavy atom. The van der Waals surface area contributed by atoms with Crippen LogP contribution < -0.4 is 24.8 Å². The summed E-state index contributed by atoms with van der Waals surface area (Å²) in [6.07, 6.45) is -3.06. The van der Waals surface area contributed by atoms with Crippen molar-refractivity contribution < 1.29 is 32.2 Å². The molecule has 0 bridgehead atoms. The molecular formula is C22H19ClF3N3O4. The van der Waals surface area contributed by atoms with E-state index in [0.717, 1.165) is 12.1 Å². The summed E-state index contributed by atoms with van der Waals surface area (Å²) < 4.78 is 55.1. The molecule has 0 fully saturated rings. The van der Waals surface area contributed by atoms with Crippen molar-refractivity contribution in [3.8, 4) is 17.2 Å². The predicted molar refractivity (Wildman–Crippen MR) is 117 cm³/mol. The fourth-order valence-electron chi connectivity index (χ4n) is 2.85. The summed E-state index contributed by atoms with van der Waals surface area (Å²) in [6, 6.07) is 10.4. The molecule has 0 saturated carbocycles. The second kappa shape index (κ2) is 10.3. The topological polar surface area (TPSA) is 81.7 Å². The third-order valence-electron chi connectivity index (χ3n) is 4.38. The summed E-state index contributed by atoms with van der Waals surface area (Å²) in [4.78, 5) is 16.4. The molecule has 2 amide bonds. The van der Waals surface area contributed by atoms with E-state index in [1.165, 1.54) is 20.3 Å². The first kappa shape index (κ1) is 24.0. The maximum absolute atomic E-state index is 13.0. The second-order valence-corrected chi connectivity index (χ2v) is 6.98. The molecule has 3 rings (SSSR count). The van der Waals surface area contributed by atoms with E-state index in [1.807, 2.05) is 0 Å². The molecule has 0 spiro atoms. The normalized spacial score (nSPS) is 11.0. The van der Waals surface area contributed by atoms with Crippen LogP contribution in [0.25, 0.3) is 0 Å². The van der Waals surface area contributed by atoms with Crippen LogP contribution in [-0.2, 0) is 12.8 Å². The van der Waals surface area contributed by atoms with Gasteiger partial charge in [0.1, 0.15) is 18.1 Å². The average molecular weight is 482 g/mol. The molecule has 0 atom stereocenters. The number of rotatable bonds is 7. The van der Waals surface area contributed by atoms with Crippen molar-refractivity contribution in [2.75, 3.05) is 24.9 Å². The minimum absolute atomic E-state index is 0.0519. The van der Waals surface area contributed by atoms with Gasteiger partial charge in [0.25, 0.3) is 0 Å². The number of urea groups is 1. The molecule has 0 saturated heterocycles. The van der Waals surface area contributed by atoms with Crippen molar-refractivity contribution in [3.05, 3.63) is 71.0 Å². The van der Waals surface area contributed by atoms with Gasteiger partial charge in [-0.25, -0.2) is 4.79 Å². The number of anilines is 2. The van der Waals surface area contributed by atoms with Crippen LogP contribution in [0.15, 0.2) is 54.7 Å². The van der Waals surface area contributed by atoms with Crippen LogP contribution in [0.3, 0.4) is 0 Å². The highest BCUT2D eigenvalue weighted by Gasteiger charge is 2.33. The number of hydrogen-bond acceptors (Lipinski definition) is 5. The zero-order chi connectivity index (χ0) is 24.0. The number of benzene rings is 2. The fourth-order valence-corrected chi connectivity index (χ4v) is 3.08. The lowest BCUT2D eigenvalue weighted by Crippen LogP contribution is -2.19. The van der Waals surface area contributed by atoms with Crippen LogP contribution in [0.1, 0.15) is 11.3 Å². The molecule has 0 aliphatic heterocycles. The molecule has 0 aliphatic rings. The number of hydrogen-bond donors (Lipinski definition) is 2. The molecule has 174 valence electrons. The SMILES string of the molecule is COc1ccnc(COc2ccc(NC(=O)Nc3ccc(Cl)c(C(F)(F)F)c3)cc2)c1OC. The first-order valence-corrected chi connectivity index (χ1v) is 9.82. The van der Waals surface area contributed by atoms with E-state index in [-0.39, 0.29) is 12.3 Å². The summed E-state index contributed by atoms with van der Waals surface area (Å²) >= 11 is 5.58. The first-order valence-electron chi connectivity index (χ1n) is 9.44. The molecule has 1 aromatic heterocycles. The quantitative estimate of drug-likeness (QED) is 0.433. The summed E-state index contributed by atoms with van der Waals surface area (Å²) in [6.45, 7) is 0.117. The minimum atomic E-state index is -4.63. The number of amides is 2. The number of nitrogens with zero attached hydrogens (tertiary/aromatic N) is 1. The zero-order valence-corrected chi connectivity index (χ0v) is 18.3. The summed E-state index contributed by atoms with van der Waals surface area (Å²) in [5, 5.41) is 4.42. The van der Waals surface area contributed by atoms with Gasteiger partial charge in [0.2, 0.25) is 0 Å². The van der Waals surface area contributed by atoms with Crippen LogP contribution in [0.4, 0.5) is 29.3 Å². The molecule has 0 unspecified atom stereocenters. The Morgan fingerprint density at radius 3 is 2.30 bits per heavy atom. The number of pyridine rings is 1. The Balaban J connectivity index is 1.59. The third kappa shape index (κ3) is 6.19. The van der Waals surface area contributed by atoms with Gasteiger partial charge in [-0.3, -0.25) is 4.98 Å². The molecule has 1 heterocycles. The van der Waals surface area contributed by atoms with Gasteiger partial charge in [-0.15, -0.1) is 0 Å². The van der Waals surface area contributed by atoms with Crippen molar-refractivity contribution in [2.24, 2.45) is 0 Å².